The van der Waals surface area contributed by atoms with Crippen LogP contribution in [0.1, 0.15) is 16.7 Å². The van der Waals surface area contributed by atoms with E-state index in [4.69, 9.17) is 4.74 Å². The van der Waals surface area contributed by atoms with Gasteiger partial charge in [-0.1, -0.05) is 42.5 Å². The molecule has 3 aromatic carbocycles. The van der Waals surface area contributed by atoms with Gasteiger partial charge < -0.3 is 10.1 Å². The van der Waals surface area contributed by atoms with Crippen LogP contribution in [0.25, 0.3) is 0 Å². The molecule has 1 amide bonds. The monoisotopic (exact) mass is 501 g/mol. The molecule has 0 spiro atoms. The summed E-state index contributed by atoms with van der Waals surface area (Å²) in [6.45, 7) is 0.0571. The second-order valence-corrected chi connectivity index (χ2v) is 10.2. The Labute approximate surface area is 211 Å². The third kappa shape index (κ3) is 7.16. The largest absolute Gasteiger partial charge is 0.489 e. The van der Waals surface area contributed by atoms with Gasteiger partial charge in [-0.3, -0.25) is 14.1 Å². The van der Waals surface area contributed by atoms with E-state index in [9.17, 15) is 13.2 Å². The smallest absolute Gasteiger partial charge is 0.245 e. The van der Waals surface area contributed by atoms with Crippen molar-refractivity contribution in [1.29, 1.82) is 0 Å². The molecule has 0 aliphatic rings. The molecule has 0 bridgehead atoms. The van der Waals surface area contributed by atoms with Gasteiger partial charge in [0.25, 0.3) is 0 Å². The summed E-state index contributed by atoms with van der Waals surface area (Å²) in [4.78, 5) is 16.7. The summed E-state index contributed by atoms with van der Waals surface area (Å²) in [7, 11) is -3.69. The Hall–Kier alpha value is -4.17. The van der Waals surface area contributed by atoms with Gasteiger partial charge in [-0.05, 0) is 71.6 Å². The highest BCUT2D eigenvalue weighted by Gasteiger charge is 2.21. The van der Waals surface area contributed by atoms with Crippen molar-refractivity contribution in [3.8, 4) is 5.75 Å². The number of carbonyl (C=O) groups is 1. The molecule has 0 fully saturated rings. The molecule has 1 aromatic heterocycles. The fraction of sp³-hybridized carbons (Fsp3) is 0.143. The molecule has 1 N–H and O–H groups in total. The van der Waals surface area contributed by atoms with E-state index in [-0.39, 0.29) is 6.54 Å². The van der Waals surface area contributed by atoms with Gasteiger partial charge >= 0.3 is 0 Å². The van der Waals surface area contributed by atoms with Crippen molar-refractivity contribution < 1.29 is 17.9 Å². The number of pyridine rings is 1. The number of amides is 1. The number of carbonyl (C=O) groups excluding carboxylic acids is 1. The second-order valence-electron chi connectivity index (χ2n) is 8.32. The van der Waals surface area contributed by atoms with Gasteiger partial charge in [0.1, 0.15) is 18.9 Å². The normalized spacial score (nSPS) is 11.0. The third-order valence-electron chi connectivity index (χ3n) is 5.46. The van der Waals surface area contributed by atoms with Gasteiger partial charge in [-0.15, -0.1) is 0 Å². The predicted molar refractivity (Wildman–Crippen MR) is 142 cm³/mol. The van der Waals surface area contributed by atoms with Gasteiger partial charge in [0.05, 0.1) is 11.9 Å². The Morgan fingerprint density at radius 3 is 2.11 bits per heavy atom. The molecule has 7 nitrogen and oxygen atoms in total. The molecular formula is C28H27N3O4S. The lowest BCUT2D eigenvalue weighted by Gasteiger charge is -2.22. The molecule has 1 heterocycles. The topological polar surface area (TPSA) is 88.6 Å². The first-order chi connectivity index (χ1) is 17.4. The van der Waals surface area contributed by atoms with Crippen molar-refractivity contribution in [2.75, 3.05) is 22.4 Å². The second kappa shape index (κ2) is 11.5. The van der Waals surface area contributed by atoms with Crippen molar-refractivity contribution in [1.82, 2.24) is 4.98 Å². The summed E-state index contributed by atoms with van der Waals surface area (Å²) in [6, 6.07) is 27.8. The van der Waals surface area contributed by atoms with Gasteiger partial charge in [-0.25, -0.2) is 8.42 Å². The van der Waals surface area contributed by atoms with Crippen molar-refractivity contribution in [2.45, 2.75) is 13.0 Å². The number of nitrogens with one attached hydrogen (secondary N) is 1. The van der Waals surface area contributed by atoms with Gasteiger partial charge in [0, 0.05) is 18.1 Å². The van der Waals surface area contributed by atoms with E-state index in [0.29, 0.717) is 23.7 Å². The summed E-state index contributed by atoms with van der Waals surface area (Å²) < 4.78 is 31.7. The van der Waals surface area contributed by atoms with Gasteiger partial charge in [-0.2, -0.15) is 0 Å². The molecule has 0 atom stereocenters. The average molecular weight is 502 g/mol. The number of ether oxygens (including phenoxy) is 1. The van der Waals surface area contributed by atoms with Crippen molar-refractivity contribution >= 4 is 27.3 Å². The molecule has 0 radical (unpaired) electrons. The molecule has 36 heavy (non-hydrogen) atoms. The van der Waals surface area contributed by atoms with E-state index in [1.165, 1.54) is 0 Å². The first-order valence-corrected chi connectivity index (χ1v) is 13.2. The number of aromatic nitrogens is 1. The minimum atomic E-state index is -3.69. The molecule has 0 unspecified atom stereocenters. The molecule has 184 valence electrons. The van der Waals surface area contributed by atoms with Crippen LogP contribution in [0, 0.1) is 0 Å². The Morgan fingerprint density at radius 1 is 0.833 bits per heavy atom. The highest BCUT2D eigenvalue weighted by atomic mass is 32.2. The lowest BCUT2D eigenvalue weighted by Crippen LogP contribution is -2.37. The number of hydrogen-bond donors (Lipinski definition) is 1. The van der Waals surface area contributed by atoms with E-state index in [1.807, 2.05) is 54.6 Å². The Morgan fingerprint density at radius 2 is 1.47 bits per heavy atom. The lowest BCUT2D eigenvalue weighted by atomic mass is 10.1. The number of anilines is 2. The third-order valence-corrected chi connectivity index (χ3v) is 6.60. The number of benzene rings is 3. The van der Waals surface area contributed by atoms with Gasteiger partial charge in [0.15, 0.2) is 0 Å². The highest BCUT2D eigenvalue weighted by Crippen LogP contribution is 2.23. The predicted octanol–water partition coefficient (Wildman–Crippen LogP) is 4.66. The van der Waals surface area contributed by atoms with Crippen molar-refractivity contribution in [2.24, 2.45) is 0 Å². The van der Waals surface area contributed by atoms with Crippen LogP contribution in [0.4, 0.5) is 11.4 Å². The molecule has 4 rings (SSSR count). The molecule has 4 aromatic rings. The number of sulfonamides is 1. The molecular weight excluding hydrogens is 474 g/mol. The number of rotatable bonds is 10. The summed E-state index contributed by atoms with van der Waals surface area (Å²) in [6.07, 6.45) is 5.34. The molecule has 0 saturated heterocycles. The van der Waals surface area contributed by atoms with Crippen LogP contribution in [-0.4, -0.2) is 32.1 Å². The Bertz CT molecular complexity index is 1380. The molecule has 0 aliphatic carbocycles. The van der Waals surface area contributed by atoms with Crippen LogP contribution >= 0.6 is 0 Å². The number of hydrogen-bond acceptors (Lipinski definition) is 5. The van der Waals surface area contributed by atoms with E-state index in [1.54, 1.807) is 48.8 Å². The minimum absolute atomic E-state index is 0.345. The number of nitrogens with zero attached hydrogens (tertiary/aromatic N) is 2. The van der Waals surface area contributed by atoms with Gasteiger partial charge in [0.2, 0.25) is 15.9 Å². The zero-order valence-electron chi connectivity index (χ0n) is 19.9. The van der Waals surface area contributed by atoms with Crippen LogP contribution in [0.2, 0.25) is 0 Å². The Balaban J connectivity index is 1.37. The Kier molecular flexibility index (Phi) is 7.97. The first kappa shape index (κ1) is 24.9. The standard InChI is InChI=1S/C28H27N3O4S/c1-36(33,34)31(26-11-13-27(14-12-26)35-21-24-5-3-2-4-6-24)20-28(32)30-25-9-7-22(8-10-25)19-23-15-17-29-18-16-23/h2-18H,19-21H2,1H3,(H,30,32). The van der Waals surface area contributed by atoms with Crippen LogP contribution in [0.3, 0.4) is 0 Å². The van der Waals surface area contributed by atoms with Crippen LogP contribution in [0.15, 0.2) is 103 Å². The fourth-order valence-corrected chi connectivity index (χ4v) is 4.48. The van der Waals surface area contributed by atoms with Crippen LogP contribution in [-0.2, 0) is 27.8 Å². The van der Waals surface area contributed by atoms with E-state index >= 15 is 0 Å². The maximum Gasteiger partial charge on any atom is 0.245 e. The zero-order valence-corrected chi connectivity index (χ0v) is 20.7. The highest BCUT2D eigenvalue weighted by molar-refractivity contribution is 7.92. The summed E-state index contributed by atoms with van der Waals surface area (Å²) in [5, 5.41) is 2.78. The average Bonchev–Trinajstić information content (AvgIpc) is 2.88. The maximum absolute atomic E-state index is 12.7. The minimum Gasteiger partial charge on any atom is -0.489 e. The maximum atomic E-state index is 12.7. The lowest BCUT2D eigenvalue weighted by molar-refractivity contribution is -0.114. The van der Waals surface area contributed by atoms with Crippen molar-refractivity contribution in [3.05, 3.63) is 120 Å². The van der Waals surface area contributed by atoms with Crippen LogP contribution in [0.5, 0.6) is 5.75 Å². The SMILES string of the molecule is CS(=O)(=O)N(CC(=O)Nc1ccc(Cc2ccncc2)cc1)c1ccc(OCc2ccccc2)cc1. The first-order valence-electron chi connectivity index (χ1n) is 11.4. The van der Waals surface area contributed by atoms with E-state index in [0.717, 1.165) is 33.7 Å². The van der Waals surface area contributed by atoms with Crippen molar-refractivity contribution in [3.63, 3.8) is 0 Å². The summed E-state index contributed by atoms with van der Waals surface area (Å²) in [5.41, 5.74) is 4.24. The fourth-order valence-electron chi connectivity index (χ4n) is 3.62. The molecule has 0 saturated carbocycles. The molecule has 8 heteroatoms. The summed E-state index contributed by atoms with van der Waals surface area (Å²) in [5.74, 6) is 0.166. The van der Waals surface area contributed by atoms with Crippen LogP contribution < -0.4 is 14.4 Å². The summed E-state index contributed by atoms with van der Waals surface area (Å²) >= 11 is 0. The van der Waals surface area contributed by atoms with E-state index < -0.39 is 15.9 Å². The molecule has 0 aliphatic heterocycles. The quantitative estimate of drug-likeness (QED) is 0.342. The van der Waals surface area contributed by atoms with E-state index in [2.05, 4.69) is 10.3 Å². The zero-order chi connectivity index (χ0) is 25.4.